The minimum absolute atomic E-state index is 0.140. The van der Waals surface area contributed by atoms with Gasteiger partial charge in [-0.2, -0.15) is 0 Å². The van der Waals surface area contributed by atoms with Crippen molar-refractivity contribution in [3.8, 4) is 0 Å². The standard InChI is InChI=1S/C22H17N3O3/c1-14-5-2-6-15(11-14)12-19(26)24-16-7-3-8-17(13-16)25-21(27)18-9-4-10-23-20(18)22(25)28/h2-11,13H,12H2,1H3,(H,24,26). The topological polar surface area (TPSA) is 79.4 Å². The first kappa shape index (κ1) is 17.6. The molecule has 1 N–H and O–H groups in total. The number of anilines is 2. The molecule has 1 aromatic heterocycles. The Hall–Kier alpha value is -3.80. The Balaban J connectivity index is 1.53. The predicted molar refractivity (Wildman–Crippen MR) is 105 cm³/mol. The molecule has 3 amide bonds. The SMILES string of the molecule is Cc1cccc(CC(=O)Nc2cccc(N3C(=O)c4cccnc4C3=O)c2)c1. The van der Waals surface area contributed by atoms with E-state index in [1.165, 1.54) is 6.20 Å². The normalized spacial score (nSPS) is 12.8. The summed E-state index contributed by atoms with van der Waals surface area (Å²) in [5.74, 6) is -1.06. The number of carbonyl (C=O) groups excluding carboxylic acids is 3. The summed E-state index contributed by atoms with van der Waals surface area (Å²) < 4.78 is 0. The van der Waals surface area contributed by atoms with Gasteiger partial charge in [-0.1, -0.05) is 35.9 Å². The van der Waals surface area contributed by atoms with Gasteiger partial charge in [0.25, 0.3) is 11.8 Å². The minimum atomic E-state index is -0.469. The summed E-state index contributed by atoms with van der Waals surface area (Å²) in [5, 5.41) is 2.82. The second kappa shape index (κ2) is 7.08. The Morgan fingerprint density at radius 2 is 1.82 bits per heavy atom. The molecule has 0 saturated heterocycles. The molecule has 138 valence electrons. The van der Waals surface area contributed by atoms with E-state index in [0.29, 0.717) is 11.4 Å². The molecule has 1 aliphatic heterocycles. The summed E-state index contributed by atoms with van der Waals surface area (Å²) in [6.45, 7) is 1.97. The molecule has 2 aromatic carbocycles. The molecule has 0 spiro atoms. The largest absolute Gasteiger partial charge is 0.326 e. The molecule has 0 atom stereocenters. The van der Waals surface area contributed by atoms with E-state index in [4.69, 9.17) is 0 Å². The highest BCUT2D eigenvalue weighted by atomic mass is 16.2. The van der Waals surface area contributed by atoms with Crippen molar-refractivity contribution >= 4 is 29.1 Å². The number of aryl methyl sites for hydroxylation is 1. The van der Waals surface area contributed by atoms with Crippen LogP contribution in [0, 0.1) is 6.92 Å². The van der Waals surface area contributed by atoms with Crippen LogP contribution in [0.2, 0.25) is 0 Å². The lowest BCUT2D eigenvalue weighted by Gasteiger charge is -2.15. The first-order chi connectivity index (χ1) is 13.5. The molecule has 4 rings (SSSR count). The van der Waals surface area contributed by atoms with Gasteiger partial charge < -0.3 is 5.32 Å². The van der Waals surface area contributed by atoms with Crippen LogP contribution in [0.5, 0.6) is 0 Å². The fourth-order valence-electron chi connectivity index (χ4n) is 3.24. The number of aromatic nitrogens is 1. The van der Waals surface area contributed by atoms with Crippen molar-refractivity contribution in [3.05, 3.63) is 89.2 Å². The second-order valence-corrected chi connectivity index (χ2v) is 6.61. The summed E-state index contributed by atoms with van der Waals surface area (Å²) in [6, 6.07) is 17.6. The zero-order chi connectivity index (χ0) is 19.7. The smallest absolute Gasteiger partial charge is 0.284 e. The fourth-order valence-corrected chi connectivity index (χ4v) is 3.24. The van der Waals surface area contributed by atoms with Crippen LogP contribution >= 0.6 is 0 Å². The van der Waals surface area contributed by atoms with E-state index in [9.17, 15) is 14.4 Å². The van der Waals surface area contributed by atoms with E-state index >= 15 is 0 Å². The van der Waals surface area contributed by atoms with Gasteiger partial charge in [0, 0.05) is 11.9 Å². The number of rotatable bonds is 4. The van der Waals surface area contributed by atoms with Crippen molar-refractivity contribution in [2.75, 3.05) is 10.2 Å². The average Bonchev–Trinajstić information content (AvgIpc) is 2.93. The first-order valence-electron chi connectivity index (χ1n) is 8.82. The Labute approximate surface area is 161 Å². The Morgan fingerprint density at radius 3 is 2.61 bits per heavy atom. The zero-order valence-electron chi connectivity index (χ0n) is 15.2. The molecular weight excluding hydrogens is 354 g/mol. The molecule has 6 heteroatoms. The molecule has 0 bridgehead atoms. The Kier molecular flexibility index (Phi) is 4.45. The molecule has 0 unspecified atom stereocenters. The van der Waals surface area contributed by atoms with Crippen molar-refractivity contribution in [1.29, 1.82) is 0 Å². The third kappa shape index (κ3) is 3.27. The van der Waals surface area contributed by atoms with Crippen LogP contribution in [0.3, 0.4) is 0 Å². The highest BCUT2D eigenvalue weighted by Gasteiger charge is 2.37. The van der Waals surface area contributed by atoms with E-state index in [0.717, 1.165) is 16.0 Å². The maximum absolute atomic E-state index is 12.6. The quantitative estimate of drug-likeness (QED) is 0.713. The predicted octanol–water partition coefficient (Wildman–Crippen LogP) is 3.37. The summed E-state index contributed by atoms with van der Waals surface area (Å²) in [4.78, 5) is 42.6. The van der Waals surface area contributed by atoms with Crippen LogP contribution in [-0.2, 0) is 11.2 Å². The van der Waals surface area contributed by atoms with Crippen LogP contribution in [0.25, 0.3) is 0 Å². The second-order valence-electron chi connectivity index (χ2n) is 6.61. The van der Waals surface area contributed by atoms with Crippen LogP contribution in [0.4, 0.5) is 11.4 Å². The summed E-state index contributed by atoms with van der Waals surface area (Å²) in [7, 11) is 0. The molecule has 28 heavy (non-hydrogen) atoms. The van der Waals surface area contributed by atoms with E-state index in [1.807, 2.05) is 31.2 Å². The number of amides is 3. The fraction of sp³-hybridized carbons (Fsp3) is 0.0909. The summed E-state index contributed by atoms with van der Waals surface area (Å²) in [6.07, 6.45) is 1.72. The highest BCUT2D eigenvalue weighted by molar-refractivity contribution is 6.33. The zero-order valence-corrected chi connectivity index (χ0v) is 15.2. The van der Waals surface area contributed by atoms with Gasteiger partial charge in [-0.05, 0) is 42.8 Å². The lowest BCUT2D eigenvalue weighted by atomic mass is 10.1. The Morgan fingerprint density at radius 1 is 1.00 bits per heavy atom. The molecule has 6 nitrogen and oxygen atoms in total. The molecule has 0 saturated carbocycles. The van der Waals surface area contributed by atoms with Crippen molar-refractivity contribution in [2.45, 2.75) is 13.3 Å². The lowest BCUT2D eigenvalue weighted by Crippen LogP contribution is -2.29. The van der Waals surface area contributed by atoms with Crippen LogP contribution < -0.4 is 10.2 Å². The van der Waals surface area contributed by atoms with Gasteiger partial charge in [0.2, 0.25) is 5.91 Å². The number of pyridine rings is 1. The van der Waals surface area contributed by atoms with Crippen molar-refractivity contribution < 1.29 is 14.4 Å². The van der Waals surface area contributed by atoms with Gasteiger partial charge in [-0.15, -0.1) is 0 Å². The third-order valence-corrected chi connectivity index (χ3v) is 4.48. The molecule has 3 aromatic rings. The monoisotopic (exact) mass is 371 g/mol. The van der Waals surface area contributed by atoms with Crippen molar-refractivity contribution in [1.82, 2.24) is 4.98 Å². The lowest BCUT2D eigenvalue weighted by molar-refractivity contribution is -0.115. The van der Waals surface area contributed by atoms with Gasteiger partial charge in [0.1, 0.15) is 5.69 Å². The van der Waals surface area contributed by atoms with Crippen LogP contribution in [-0.4, -0.2) is 22.7 Å². The van der Waals surface area contributed by atoms with Gasteiger partial charge in [-0.3, -0.25) is 19.4 Å². The van der Waals surface area contributed by atoms with Crippen molar-refractivity contribution in [3.63, 3.8) is 0 Å². The number of nitrogens with zero attached hydrogens (tertiary/aromatic N) is 2. The maximum Gasteiger partial charge on any atom is 0.284 e. The van der Waals surface area contributed by atoms with Crippen LogP contribution in [0.1, 0.15) is 32.0 Å². The molecule has 2 heterocycles. The van der Waals surface area contributed by atoms with Gasteiger partial charge >= 0.3 is 0 Å². The van der Waals surface area contributed by atoms with E-state index in [-0.39, 0.29) is 23.6 Å². The minimum Gasteiger partial charge on any atom is -0.326 e. The molecule has 0 aliphatic carbocycles. The van der Waals surface area contributed by atoms with E-state index < -0.39 is 11.8 Å². The Bertz CT molecular complexity index is 1070. The molecule has 1 aliphatic rings. The number of nitrogens with one attached hydrogen (secondary N) is 1. The third-order valence-electron chi connectivity index (χ3n) is 4.48. The summed E-state index contributed by atoms with van der Waals surface area (Å²) >= 11 is 0. The van der Waals surface area contributed by atoms with E-state index in [2.05, 4.69) is 10.3 Å². The number of carbonyl (C=O) groups is 3. The number of hydrogen-bond acceptors (Lipinski definition) is 4. The molecule has 0 radical (unpaired) electrons. The number of imide groups is 1. The average molecular weight is 371 g/mol. The van der Waals surface area contributed by atoms with Gasteiger partial charge in [-0.25, -0.2) is 4.90 Å². The molecule has 0 fully saturated rings. The molecular formula is C22H17N3O3. The first-order valence-corrected chi connectivity index (χ1v) is 8.82. The number of benzene rings is 2. The van der Waals surface area contributed by atoms with Gasteiger partial charge in [0.05, 0.1) is 17.7 Å². The van der Waals surface area contributed by atoms with Crippen LogP contribution in [0.15, 0.2) is 66.9 Å². The van der Waals surface area contributed by atoms with E-state index in [1.54, 1.807) is 36.4 Å². The number of fused-ring (bicyclic) bond motifs is 1. The number of hydrogen-bond donors (Lipinski definition) is 1. The van der Waals surface area contributed by atoms with Gasteiger partial charge in [0.15, 0.2) is 0 Å². The van der Waals surface area contributed by atoms with Crippen molar-refractivity contribution in [2.24, 2.45) is 0 Å². The maximum atomic E-state index is 12.6. The highest BCUT2D eigenvalue weighted by Crippen LogP contribution is 2.28. The summed E-state index contributed by atoms with van der Waals surface area (Å²) in [5.41, 5.74) is 3.33.